The second-order valence-electron chi connectivity index (χ2n) is 6.74. The van der Waals surface area contributed by atoms with Gasteiger partial charge < -0.3 is 26.6 Å². The van der Waals surface area contributed by atoms with E-state index in [0.29, 0.717) is 12.0 Å². The minimum atomic E-state index is -1.19. The van der Waals surface area contributed by atoms with Crippen LogP contribution in [-0.2, 0) is 20.8 Å². The number of hydrogen-bond donors (Lipinski definition) is 5. The van der Waals surface area contributed by atoms with Crippen LogP contribution in [0.15, 0.2) is 24.3 Å². The van der Waals surface area contributed by atoms with E-state index >= 15 is 0 Å². The van der Waals surface area contributed by atoms with Gasteiger partial charge in [0.2, 0.25) is 11.8 Å². The number of benzene rings is 1. The summed E-state index contributed by atoms with van der Waals surface area (Å²) < 4.78 is 0. The number of carboxylic acid groups (broad SMARTS) is 1. The first kappa shape index (κ1) is 21.4. The highest BCUT2D eigenvalue weighted by molar-refractivity contribution is 5.91. The fourth-order valence-electron chi connectivity index (χ4n) is 2.37. The van der Waals surface area contributed by atoms with Gasteiger partial charge in [0.05, 0.1) is 6.04 Å². The number of rotatable bonds is 9. The second-order valence-corrected chi connectivity index (χ2v) is 6.74. The predicted molar refractivity (Wildman–Crippen MR) is 96.4 cm³/mol. The van der Waals surface area contributed by atoms with Crippen molar-refractivity contribution in [2.75, 3.05) is 0 Å². The number of carbonyl (C=O) groups is 3. The largest absolute Gasteiger partial charge is 0.508 e. The maximum absolute atomic E-state index is 12.2. The van der Waals surface area contributed by atoms with E-state index in [1.807, 2.05) is 13.8 Å². The van der Waals surface area contributed by atoms with Gasteiger partial charge in [-0.1, -0.05) is 26.0 Å². The molecule has 0 fully saturated rings. The minimum Gasteiger partial charge on any atom is -0.508 e. The Hall–Kier alpha value is -2.61. The fraction of sp³-hybridized carbons (Fsp3) is 0.500. The highest BCUT2D eigenvalue weighted by Gasteiger charge is 2.25. The average Bonchev–Trinajstić information content (AvgIpc) is 2.55. The first-order valence-electron chi connectivity index (χ1n) is 8.47. The first-order valence-corrected chi connectivity index (χ1v) is 8.47. The number of phenolic OH excluding ortho intramolecular Hbond substituents is 1. The Balaban J connectivity index is 2.64. The molecule has 8 nitrogen and oxygen atoms in total. The second kappa shape index (κ2) is 9.76. The quantitative estimate of drug-likeness (QED) is 0.428. The third-order valence-corrected chi connectivity index (χ3v) is 3.80. The lowest BCUT2D eigenvalue weighted by Crippen LogP contribution is -2.53. The van der Waals surface area contributed by atoms with Gasteiger partial charge in [0.1, 0.15) is 17.8 Å². The lowest BCUT2D eigenvalue weighted by atomic mass is 10.0. The van der Waals surface area contributed by atoms with E-state index in [9.17, 15) is 24.6 Å². The molecule has 1 aromatic carbocycles. The Labute approximate surface area is 152 Å². The summed E-state index contributed by atoms with van der Waals surface area (Å²) in [7, 11) is 0. The third kappa shape index (κ3) is 7.10. The lowest BCUT2D eigenvalue weighted by Gasteiger charge is -2.21. The van der Waals surface area contributed by atoms with Crippen molar-refractivity contribution in [2.45, 2.75) is 51.7 Å². The number of amides is 2. The molecule has 3 atom stereocenters. The number of aromatic hydroxyl groups is 1. The number of aliphatic carboxylic acids is 1. The van der Waals surface area contributed by atoms with Crippen LogP contribution in [0, 0.1) is 5.92 Å². The lowest BCUT2D eigenvalue weighted by molar-refractivity contribution is -0.142. The molecule has 3 unspecified atom stereocenters. The molecular weight excluding hydrogens is 338 g/mol. The van der Waals surface area contributed by atoms with E-state index in [4.69, 9.17) is 5.73 Å². The summed E-state index contributed by atoms with van der Waals surface area (Å²) in [5, 5.41) is 23.5. The number of carbonyl (C=O) groups excluding carboxylic acids is 2. The zero-order chi connectivity index (χ0) is 19.9. The smallest absolute Gasteiger partial charge is 0.326 e. The van der Waals surface area contributed by atoms with E-state index in [-0.39, 0.29) is 18.1 Å². The van der Waals surface area contributed by atoms with Gasteiger partial charge in [-0.2, -0.15) is 0 Å². The molecule has 1 aromatic rings. The SMILES string of the molecule is CC(C)CC(N)C(=O)NC(C)C(=O)NC(Cc1ccc(O)cc1)C(=O)O. The predicted octanol–water partition coefficient (Wildman–Crippen LogP) is 0.382. The van der Waals surface area contributed by atoms with Crippen molar-refractivity contribution < 1.29 is 24.6 Å². The Bertz CT molecular complexity index is 630. The summed E-state index contributed by atoms with van der Waals surface area (Å²) in [5.74, 6) is -1.95. The summed E-state index contributed by atoms with van der Waals surface area (Å²) >= 11 is 0. The van der Waals surface area contributed by atoms with Crippen LogP contribution in [0.3, 0.4) is 0 Å². The molecule has 0 spiro atoms. The number of nitrogens with two attached hydrogens (primary N) is 1. The molecule has 0 saturated heterocycles. The zero-order valence-electron chi connectivity index (χ0n) is 15.2. The average molecular weight is 365 g/mol. The molecule has 0 saturated carbocycles. The fourth-order valence-corrected chi connectivity index (χ4v) is 2.37. The van der Waals surface area contributed by atoms with Crippen molar-refractivity contribution >= 4 is 17.8 Å². The molecule has 26 heavy (non-hydrogen) atoms. The van der Waals surface area contributed by atoms with Crippen LogP contribution in [-0.4, -0.2) is 46.1 Å². The van der Waals surface area contributed by atoms with Crippen LogP contribution in [0.2, 0.25) is 0 Å². The highest BCUT2D eigenvalue weighted by Crippen LogP contribution is 2.11. The molecule has 0 heterocycles. The van der Waals surface area contributed by atoms with E-state index in [2.05, 4.69) is 10.6 Å². The van der Waals surface area contributed by atoms with Crippen LogP contribution in [0.4, 0.5) is 0 Å². The molecule has 144 valence electrons. The monoisotopic (exact) mass is 365 g/mol. The topological polar surface area (TPSA) is 142 Å². The molecule has 6 N–H and O–H groups in total. The van der Waals surface area contributed by atoms with E-state index in [0.717, 1.165) is 0 Å². The standard InChI is InChI=1S/C18H27N3O5/c1-10(2)8-14(19)17(24)20-11(3)16(23)21-15(18(25)26)9-12-4-6-13(22)7-5-12/h4-7,10-11,14-15,22H,8-9,19H2,1-3H3,(H,20,24)(H,21,23)(H,25,26). The van der Waals surface area contributed by atoms with Crippen molar-refractivity contribution in [3.05, 3.63) is 29.8 Å². The molecule has 0 radical (unpaired) electrons. The van der Waals surface area contributed by atoms with Gasteiger partial charge in [-0.25, -0.2) is 4.79 Å². The van der Waals surface area contributed by atoms with Crippen molar-refractivity contribution in [2.24, 2.45) is 11.7 Å². The third-order valence-electron chi connectivity index (χ3n) is 3.80. The van der Waals surface area contributed by atoms with Crippen molar-refractivity contribution in [1.82, 2.24) is 10.6 Å². The molecule has 0 aliphatic heterocycles. The number of phenols is 1. The minimum absolute atomic E-state index is 0.0505. The summed E-state index contributed by atoms with van der Waals surface area (Å²) in [5.41, 5.74) is 6.42. The van der Waals surface area contributed by atoms with E-state index < -0.39 is 35.9 Å². The van der Waals surface area contributed by atoms with E-state index in [1.54, 1.807) is 12.1 Å². The van der Waals surface area contributed by atoms with E-state index in [1.165, 1.54) is 19.1 Å². The summed E-state index contributed by atoms with van der Waals surface area (Å²) in [6.07, 6.45) is 0.535. The van der Waals surface area contributed by atoms with Crippen LogP contribution in [0.25, 0.3) is 0 Å². The van der Waals surface area contributed by atoms with Crippen LogP contribution in [0.5, 0.6) is 5.75 Å². The normalized spacial score (nSPS) is 14.3. The molecule has 1 rings (SSSR count). The van der Waals surface area contributed by atoms with Crippen molar-refractivity contribution in [3.63, 3.8) is 0 Å². The first-order chi connectivity index (χ1) is 12.1. The number of nitrogens with one attached hydrogen (secondary N) is 2. The van der Waals surface area contributed by atoms with Gasteiger partial charge in [-0.15, -0.1) is 0 Å². The maximum Gasteiger partial charge on any atom is 0.326 e. The number of hydrogen-bond acceptors (Lipinski definition) is 5. The van der Waals surface area contributed by atoms with Crippen LogP contribution in [0.1, 0.15) is 32.8 Å². The van der Waals surface area contributed by atoms with Gasteiger partial charge in [-0.3, -0.25) is 9.59 Å². The van der Waals surface area contributed by atoms with Gasteiger partial charge in [-0.05, 0) is 37.0 Å². The molecule has 8 heteroatoms. The van der Waals surface area contributed by atoms with Crippen molar-refractivity contribution in [1.29, 1.82) is 0 Å². The maximum atomic E-state index is 12.2. The Kier molecular flexibility index (Phi) is 8.05. The zero-order valence-corrected chi connectivity index (χ0v) is 15.2. The molecule has 0 aliphatic carbocycles. The van der Waals surface area contributed by atoms with Gasteiger partial charge in [0, 0.05) is 6.42 Å². The Morgan fingerprint density at radius 2 is 1.62 bits per heavy atom. The van der Waals surface area contributed by atoms with Crippen LogP contribution < -0.4 is 16.4 Å². The summed E-state index contributed by atoms with van der Waals surface area (Å²) in [4.78, 5) is 35.6. The van der Waals surface area contributed by atoms with Crippen LogP contribution >= 0.6 is 0 Å². The Morgan fingerprint density at radius 1 is 1.04 bits per heavy atom. The number of carboxylic acids is 1. The molecule has 0 aliphatic rings. The molecule has 0 aromatic heterocycles. The molecule has 0 bridgehead atoms. The molecular formula is C18H27N3O5. The highest BCUT2D eigenvalue weighted by atomic mass is 16.4. The van der Waals surface area contributed by atoms with Gasteiger partial charge >= 0.3 is 5.97 Å². The van der Waals surface area contributed by atoms with Gasteiger partial charge in [0.15, 0.2) is 0 Å². The summed E-state index contributed by atoms with van der Waals surface area (Å²) in [6.45, 7) is 5.34. The molecule has 2 amide bonds. The summed E-state index contributed by atoms with van der Waals surface area (Å²) in [6, 6.07) is 3.24. The van der Waals surface area contributed by atoms with Crippen molar-refractivity contribution in [3.8, 4) is 5.75 Å². The van der Waals surface area contributed by atoms with Gasteiger partial charge in [0.25, 0.3) is 0 Å². The Morgan fingerprint density at radius 3 is 2.12 bits per heavy atom.